The Morgan fingerprint density at radius 1 is 1.00 bits per heavy atom. The van der Waals surface area contributed by atoms with Gasteiger partial charge in [-0.3, -0.25) is 4.79 Å². The number of anilines is 2. The first-order chi connectivity index (χ1) is 12.6. The first kappa shape index (κ1) is 18.5. The first-order valence-electron chi connectivity index (χ1n) is 9.71. The van der Waals surface area contributed by atoms with E-state index in [0.29, 0.717) is 11.3 Å². The lowest BCUT2D eigenvalue weighted by atomic mass is 10.0. The monoisotopic (exact) mass is 352 g/mol. The molecule has 2 aromatic carbocycles. The van der Waals surface area contributed by atoms with E-state index in [9.17, 15) is 4.79 Å². The molecule has 0 aliphatic carbocycles. The number of carbonyl (C=O) groups is 1. The van der Waals surface area contributed by atoms with Gasteiger partial charge in [-0.1, -0.05) is 19.1 Å². The number of piperidine rings is 1. The van der Waals surface area contributed by atoms with Gasteiger partial charge in [-0.05, 0) is 62.1 Å². The van der Waals surface area contributed by atoms with Gasteiger partial charge in [0, 0.05) is 22.5 Å². The number of nitrogen functional groups attached to an aromatic ring is 1. The van der Waals surface area contributed by atoms with E-state index in [1.165, 1.54) is 55.4 Å². The molecule has 0 aromatic heterocycles. The third kappa shape index (κ3) is 4.64. The second kappa shape index (κ2) is 8.37. The minimum absolute atomic E-state index is 0.108. The van der Waals surface area contributed by atoms with Crippen molar-refractivity contribution in [2.75, 3.05) is 30.7 Å². The Bertz CT molecular complexity index is 711. The molecular formula is C22H30N3O+. The molecule has 1 fully saturated rings. The molecule has 26 heavy (non-hydrogen) atoms. The van der Waals surface area contributed by atoms with Crippen molar-refractivity contribution >= 4 is 17.3 Å². The molecule has 3 rings (SSSR count). The van der Waals surface area contributed by atoms with Crippen LogP contribution < -0.4 is 11.1 Å². The Morgan fingerprint density at radius 3 is 2.27 bits per heavy atom. The van der Waals surface area contributed by atoms with Crippen molar-refractivity contribution in [3.05, 3.63) is 59.7 Å². The average molecular weight is 353 g/mol. The highest BCUT2D eigenvalue weighted by molar-refractivity contribution is 6.04. The summed E-state index contributed by atoms with van der Waals surface area (Å²) in [4.78, 5) is 12.3. The molecule has 1 amide bonds. The molecule has 1 aliphatic heterocycles. The summed E-state index contributed by atoms with van der Waals surface area (Å²) < 4.78 is 1.22. The molecule has 0 unspecified atom stereocenters. The Balaban J connectivity index is 1.64. The fourth-order valence-corrected chi connectivity index (χ4v) is 4.04. The normalized spacial score (nSPS) is 16.2. The molecule has 4 nitrogen and oxygen atoms in total. The Morgan fingerprint density at radius 2 is 1.65 bits per heavy atom. The Hall–Kier alpha value is -2.33. The van der Waals surface area contributed by atoms with Crippen LogP contribution in [0.4, 0.5) is 11.4 Å². The smallest absolute Gasteiger partial charge is 0.255 e. The van der Waals surface area contributed by atoms with E-state index in [1.807, 2.05) is 12.1 Å². The third-order valence-electron chi connectivity index (χ3n) is 5.37. The van der Waals surface area contributed by atoms with Gasteiger partial charge in [0.2, 0.25) is 0 Å². The number of rotatable bonds is 6. The minimum atomic E-state index is -0.108. The van der Waals surface area contributed by atoms with Crippen molar-refractivity contribution in [2.45, 2.75) is 39.2 Å². The second-order valence-corrected chi connectivity index (χ2v) is 7.50. The number of nitrogens with zero attached hydrogens (tertiary/aromatic N) is 1. The van der Waals surface area contributed by atoms with E-state index in [2.05, 4.69) is 24.4 Å². The van der Waals surface area contributed by atoms with Crippen LogP contribution in [0.2, 0.25) is 0 Å². The van der Waals surface area contributed by atoms with Crippen molar-refractivity contribution in [1.82, 2.24) is 0 Å². The van der Waals surface area contributed by atoms with Crippen LogP contribution in [0.1, 0.15) is 48.5 Å². The fraction of sp³-hybridized carbons (Fsp3) is 0.409. The number of nitrogens with two attached hydrogens (primary N) is 1. The molecule has 3 N–H and O–H groups in total. The molecule has 0 radical (unpaired) electrons. The Labute approximate surface area is 156 Å². The van der Waals surface area contributed by atoms with Gasteiger partial charge in [0.25, 0.3) is 5.91 Å². The number of amides is 1. The van der Waals surface area contributed by atoms with E-state index in [0.717, 1.165) is 12.2 Å². The van der Waals surface area contributed by atoms with Crippen LogP contribution in [0.15, 0.2) is 48.5 Å². The lowest BCUT2D eigenvalue weighted by Crippen LogP contribution is -2.51. The van der Waals surface area contributed by atoms with Gasteiger partial charge in [-0.2, -0.15) is 0 Å². The highest BCUT2D eigenvalue weighted by atomic mass is 16.1. The van der Waals surface area contributed by atoms with Gasteiger partial charge >= 0.3 is 0 Å². The minimum Gasteiger partial charge on any atom is -0.399 e. The molecular weight excluding hydrogens is 322 g/mol. The van der Waals surface area contributed by atoms with E-state index in [-0.39, 0.29) is 5.91 Å². The summed E-state index contributed by atoms with van der Waals surface area (Å²) in [5, 5.41) is 2.96. The van der Waals surface area contributed by atoms with E-state index < -0.39 is 0 Å². The van der Waals surface area contributed by atoms with Crippen molar-refractivity contribution in [1.29, 1.82) is 0 Å². The maximum Gasteiger partial charge on any atom is 0.255 e. The summed E-state index contributed by atoms with van der Waals surface area (Å²) in [7, 11) is 0. The van der Waals surface area contributed by atoms with Gasteiger partial charge in [-0.15, -0.1) is 0 Å². The summed E-state index contributed by atoms with van der Waals surface area (Å²) >= 11 is 0. The molecule has 2 aromatic rings. The van der Waals surface area contributed by atoms with Crippen LogP contribution in [-0.2, 0) is 6.54 Å². The lowest BCUT2D eigenvalue weighted by molar-refractivity contribution is -0.945. The molecule has 138 valence electrons. The second-order valence-electron chi connectivity index (χ2n) is 7.50. The topological polar surface area (TPSA) is 55.1 Å². The van der Waals surface area contributed by atoms with Crippen molar-refractivity contribution in [2.24, 2.45) is 0 Å². The molecule has 0 bridgehead atoms. The van der Waals surface area contributed by atoms with Gasteiger partial charge in [-0.25, -0.2) is 0 Å². The predicted octanol–water partition coefficient (Wildman–Crippen LogP) is 4.43. The summed E-state index contributed by atoms with van der Waals surface area (Å²) in [5.41, 5.74) is 9.13. The van der Waals surface area contributed by atoms with Crippen LogP contribution >= 0.6 is 0 Å². The van der Waals surface area contributed by atoms with Crippen LogP contribution in [0, 0.1) is 0 Å². The highest BCUT2D eigenvalue weighted by Crippen LogP contribution is 2.24. The van der Waals surface area contributed by atoms with E-state index in [1.54, 1.807) is 24.3 Å². The molecule has 1 aliphatic rings. The summed E-state index contributed by atoms with van der Waals surface area (Å²) in [5.74, 6) is -0.108. The fourth-order valence-electron chi connectivity index (χ4n) is 4.04. The first-order valence-corrected chi connectivity index (χ1v) is 9.71. The van der Waals surface area contributed by atoms with E-state index >= 15 is 0 Å². The number of likely N-dealkylation sites (tertiary alicyclic amines) is 1. The SMILES string of the molecule is CCC[N+]1(Cc2ccc(NC(=O)c3ccc(N)cc3)cc2)CCCCC1. The maximum atomic E-state index is 12.3. The zero-order valence-electron chi connectivity index (χ0n) is 15.7. The maximum absolute atomic E-state index is 12.3. The molecule has 4 heteroatoms. The average Bonchev–Trinajstić information content (AvgIpc) is 2.65. The largest absolute Gasteiger partial charge is 0.399 e. The zero-order chi connectivity index (χ0) is 18.4. The van der Waals surface area contributed by atoms with Gasteiger partial charge < -0.3 is 15.5 Å². The molecule has 1 saturated heterocycles. The lowest BCUT2D eigenvalue weighted by Gasteiger charge is -2.41. The Kier molecular flexibility index (Phi) is 5.94. The van der Waals surface area contributed by atoms with Crippen molar-refractivity contribution < 1.29 is 9.28 Å². The molecule has 1 heterocycles. The van der Waals surface area contributed by atoms with Crippen LogP contribution in [0.5, 0.6) is 0 Å². The number of hydrogen-bond donors (Lipinski definition) is 2. The van der Waals surface area contributed by atoms with Crippen molar-refractivity contribution in [3.8, 4) is 0 Å². The number of hydrogen-bond acceptors (Lipinski definition) is 2. The number of nitrogens with one attached hydrogen (secondary N) is 1. The summed E-state index contributed by atoms with van der Waals surface area (Å²) in [6, 6.07) is 15.3. The predicted molar refractivity (Wildman–Crippen MR) is 108 cm³/mol. The number of carbonyl (C=O) groups excluding carboxylic acids is 1. The van der Waals surface area contributed by atoms with Crippen LogP contribution in [-0.4, -0.2) is 30.0 Å². The van der Waals surface area contributed by atoms with Gasteiger partial charge in [0.15, 0.2) is 0 Å². The molecule has 0 saturated carbocycles. The van der Waals surface area contributed by atoms with Crippen LogP contribution in [0.3, 0.4) is 0 Å². The van der Waals surface area contributed by atoms with Crippen LogP contribution in [0.25, 0.3) is 0 Å². The molecule has 0 spiro atoms. The zero-order valence-corrected chi connectivity index (χ0v) is 15.7. The summed E-state index contributed by atoms with van der Waals surface area (Å²) in [6.07, 6.45) is 5.29. The highest BCUT2D eigenvalue weighted by Gasteiger charge is 2.29. The number of benzene rings is 2. The van der Waals surface area contributed by atoms with Gasteiger partial charge in [0.1, 0.15) is 6.54 Å². The molecule has 0 atom stereocenters. The third-order valence-corrected chi connectivity index (χ3v) is 5.37. The quantitative estimate of drug-likeness (QED) is 0.597. The number of quaternary nitrogens is 1. The van der Waals surface area contributed by atoms with Crippen molar-refractivity contribution in [3.63, 3.8) is 0 Å². The summed E-state index contributed by atoms with van der Waals surface area (Å²) in [6.45, 7) is 7.23. The standard InChI is InChI=1S/C22H29N3O/c1-2-14-25(15-4-3-5-16-25)17-18-6-12-21(13-7-18)24-22(26)19-8-10-20(23)11-9-19/h6-13H,2-5,14-17H2,1H3,(H2-,23,24,26)/p+1. The van der Waals surface area contributed by atoms with E-state index in [4.69, 9.17) is 5.73 Å². The van der Waals surface area contributed by atoms with Gasteiger partial charge in [0.05, 0.1) is 19.6 Å².